The molecular weight excluding hydrogens is 248 g/mol. The topological polar surface area (TPSA) is 46.3 Å². The second-order valence-corrected chi connectivity index (χ2v) is 6.17. The highest BCUT2D eigenvalue weighted by Gasteiger charge is 2.31. The highest BCUT2D eigenvalue weighted by Crippen LogP contribution is 2.33. The van der Waals surface area contributed by atoms with Crippen molar-refractivity contribution in [1.29, 1.82) is 0 Å². The number of fused-ring (bicyclic) bond motifs is 1. The maximum atomic E-state index is 12.9. The predicted octanol–water partition coefficient (Wildman–Crippen LogP) is 2.30. The van der Waals surface area contributed by atoms with Crippen molar-refractivity contribution in [2.45, 2.75) is 38.0 Å². The van der Waals surface area contributed by atoms with Crippen LogP contribution < -0.4 is 5.73 Å². The van der Waals surface area contributed by atoms with Crippen LogP contribution in [0, 0.1) is 5.92 Å². The van der Waals surface area contributed by atoms with Gasteiger partial charge in [0.1, 0.15) is 0 Å². The summed E-state index contributed by atoms with van der Waals surface area (Å²) >= 11 is 0. The van der Waals surface area contributed by atoms with E-state index in [0.717, 1.165) is 38.8 Å². The standard InChI is InChI=1S/C17H24N2O/c18-11-13-5-4-10-19(12-13)17(20)16-9-3-7-14-6-1-2-8-15(14)16/h1-2,6,8,13,16H,3-5,7,9-12,18H2. The van der Waals surface area contributed by atoms with Crippen molar-refractivity contribution in [2.75, 3.05) is 19.6 Å². The maximum absolute atomic E-state index is 12.9. The van der Waals surface area contributed by atoms with Crippen molar-refractivity contribution in [3.63, 3.8) is 0 Å². The number of amides is 1. The fourth-order valence-electron chi connectivity index (χ4n) is 3.69. The van der Waals surface area contributed by atoms with Crippen molar-refractivity contribution < 1.29 is 4.79 Å². The van der Waals surface area contributed by atoms with Crippen molar-refractivity contribution in [3.05, 3.63) is 35.4 Å². The molecule has 1 aliphatic heterocycles. The molecule has 2 atom stereocenters. The van der Waals surface area contributed by atoms with E-state index in [0.29, 0.717) is 18.4 Å². The highest BCUT2D eigenvalue weighted by atomic mass is 16.2. The Bertz CT molecular complexity index is 486. The van der Waals surface area contributed by atoms with Crippen molar-refractivity contribution in [1.82, 2.24) is 4.90 Å². The second kappa shape index (κ2) is 5.96. The lowest BCUT2D eigenvalue weighted by Crippen LogP contribution is -2.44. The summed E-state index contributed by atoms with van der Waals surface area (Å²) in [5.74, 6) is 0.901. The third-order valence-electron chi connectivity index (χ3n) is 4.83. The van der Waals surface area contributed by atoms with Crippen LogP contribution in [0.25, 0.3) is 0 Å². The second-order valence-electron chi connectivity index (χ2n) is 6.17. The normalized spacial score (nSPS) is 26.1. The molecule has 1 aliphatic carbocycles. The van der Waals surface area contributed by atoms with Crippen LogP contribution in [0.5, 0.6) is 0 Å². The van der Waals surface area contributed by atoms with E-state index in [2.05, 4.69) is 29.2 Å². The number of benzene rings is 1. The Kier molecular flexibility index (Phi) is 4.06. The maximum Gasteiger partial charge on any atom is 0.230 e. The third-order valence-corrected chi connectivity index (χ3v) is 4.83. The first-order valence-electron chi connectivity index (χ1n) is 7.86. The van der Waals surface area contributed by atoms with Gasteiger partial charge in [0.2, 0.25) is 5.91 Å². The summed E-state index contributed by atoms with van der Waals surface area (Å²) in [6.45, 7) is 2.47. The molecule has 1 aromatic carbocycles. The van der Waals surface area contributed by atoms with Crippen LogP contribution in [0.4, 0.5) is 0 Å². The zero-order valence-corrected chi connectivity index (χ0v) is 12.1. The zero-order valence-electron chi connectivity index (χ0n) is 12.1. The van der Waals surface area contributed by atoms with E-state index in [1.807, 2.05) is 0 Å². The van der Waals surface area contributed by atoms with Crippen LogP contribution in [-0.2, 0) is 11.2 Å². The molecule has 1 heterocycles. The average molecular weight is 272 g/mol. The quantitative estimate of drug-likeness (QED) is 0.898. The molecule has 3 nitrogen and oxygen atoms in total. The molecule has 1 fully saturated rings. The summed E-state index contributed by atoms with van der Waals surface area (Å²) in [7, 11) is 0. The molecule has 20 heavy (non-hydrogen) atoms. The lowest BCUT2D eigenvalue weighted by molar-refractivity contribution is -0.134. The Morgan fingerprint density at radius 2 is 2.10 bits per heavy atom. The molecule has 2 unspecified atom stereocenters. The van der Waals surface area contributed by atoms with Crippen LogP contribution in [0.15, 0.2) is 24.3 Å². The SMILES string of the molecule is NCC1CCCN(C(=O)C2CCCc3ccccc32)C1. The number of hydrogen-bond acceptors (Lipinski definition) is 2. The van der Waals surface area contributed by atoms with Crippen LogP contribution in [0.3, 0.4) is 0 Å². The molecule has 0 aromatic heterocycles. The van der Waals surface area contributed by atoms with Crippen LogP contribution in [0.2, 0.25) is 0 Å². The molecule has 108 valence electrons. The zero-order chi connectivity index (χ0) is 13.9. The lowest BCUT2D eigenvalue weighted by Gasteiger charge is -2.36. The number of carbonyl (C=O) groups excluding carboxylic acids is 1. The molecular formula is C17H24N2O. The minimum absolute atomic E-state index is 0.0801. The van der Waals surface area contributed by atoms with Gasteiger partial charge in [0.15, 0.2) is 0 Å². The number of piperidine rings is 1. The van der Waals surface area contributed by atoms with E-state index in [1.165, 1.54) is 17.5 Å². The van der Waals surface area contributed by atoms with E-state index in [4.69, 9.17) is 5.73 Å². The van der Waals surface area contributed by atoms with Crippen LogP contribution in [-0.4, -0.2) is 30.4 Å². The monoisotopic (exact) mass is 272 g/mol. The number of aryl methyl sites for hydroxylation is 1. The van der Waals surface area contributed by atoms with E-state index in [9.17, 15) is 4.79 Å². The average Bonchev–Trinajstić information content (AvgIpc) is 2.53. The van der Waals surface area contributed by atoms with Gasteiger partial charge in [-0.15, -0.1) is 0 Å². The van der Waals surface area contributed by atoms with E-state index < -0.39 is 0 Å². The molecule has 2 aliphatic rings. The lowest BCUT2D eigenvalue weighted by atomic mass is 9.81. The summed E-state index contributed by atoms with van der Waals surface area (Å²) in [5, 5.41) is 0. The van der Waals surface area contributed by atoms with Gasteiger partial charge in [0.25, 0.3) is 0 Å². The van der Waals surface area contributed by atoms with Crippen molar-refractivity contribution in [2.24, 2.45) is 11.7 Å². The molecule has 2 N–H and O–H groups in total. The molecule has 3 heteroatoms. The molecule has 1 amide bonds. The van der Waals surface area contributed by atoms with Crippen LogP contribution in [0.1, 0.15) is 42.7 Å². The van der Waals surface area contributed by atoms with Gasteiger partial charge in [-0.3, -0.25) is 4.79 Å². The first kappa shape index (κ1) is 13.6. The van der Waals surface area contributed by atoms with Gasteiger partial charge in [-0.05, 0) is 55.7 Å². The molecule has 0 bridgehead atoms. The summed E-state index contributed by atoms with van der Waals surface area (Å²) < 4.78 is 0. The first-order chi connectivity index (χ1) is 9.79. The number of rotatable bonds is 2. The Labute approximate surface area is 121 Å². The van der Waals surface area contributed by atoms with E-state index in [1.54, 1.807) is 0 Å². The van der Waals surface area contributed by atoms with Gasteiger partial charge in [-0.25, -0.2) is 0 Å². The van der Waals surface area contributed by atoms with E-state index >= 15 is 0 Å². The summed E-state index contributed by atoms with van der Waals surface area (Å²) in [6.07, 6.45) is 5.51. The van der Waals surface area contributed by atoms with Crippen molar-refractivity contribution >= 4 is 5.91 Å². The Morgan fingerprint density at radius 1 is 1.25 bits per heavy atom. The molecule has 0 spiro atoms. The minimum atomic E-state index is 0.0801. The summed E-state index contributed by atoms with van der Waals surface area (Å²) in [5.41, 5.74) is 8.41. The number of likely N-dealkylation sites (tertiary alicyclic amines) is 1. The fraction of sp³-hybridized carbons (Fsp3) is 0.588. The third kappa shape index (κ3) is 2.59. The Balaban J connectivity index is 1.78. The summed E-state index contributed by atoms with van der Waals surface area (Å²) in [4.78, 5) is 14.9. The predicted molar refractivity (Wildman–Crippen MR) is 80.5 cm³/mol. The summed E-state index contributed by atoms with van der Waals surface area (Å²) in [6, 6.07) is 8.45. The molecule has 1 saturated heterocycles. The number of nitrogens with zero attached hydrogens (tertiary/aromatic N) is 1. The van der Waals surface area contributed by atoms with Gasteiger partial charge in [-0.2, -0.15) is 0 Å². The number of nitrogens with two attached hydrogens (primary N) is 1. The largest absolute Gasteiger partial charge is 0.342 e. The number of carbonyl (C=O) groups is 1. The van der Waals surface area contributed by atoms with Gasteiger partial charge >= 0.3 is 0 Å². The Morgan fingerprint density at radius 3 is 2.95 bits per heavy atom. The fourth-order valence-corrected chi connectivity index (χ4v) is 3.69. The first-order valence-corrected chi connectivity index (χ1v) is 7.86. The Hall–Kier alpha value is -1.35. The van der Waals surface area contributed by atoms with Gasteiger partial charge in [0, 0.05) is 13.1 Å². The van der Waals surface area contributed by atoms with Crippen LogP contribution >= 0.6 is 0 Å². The van der Waals surface area contributed by atoms with E-state index in [-0.39, 0.29) is 5.92 Å². The molecule has 0 saturated carbocycles. The number of hydrogen-bond donors (Lipinski definition) is 1. The highest BCUT2D eigenvalue weighted by molar-refractivity contribution is 5.84. The molecule has 0 radical (unpaired) electrons. The smallest absolute Gasteiger partial charge is 0.230 e. The van der Waals surface area contributed by atoms with Gasteiger partial charge in [-0.1, -0.05) is 24.3 Å². The van der Waals surface area contributed by atoms with Gasteiger partial charge in [0.05, 0.1) is 5.92 Å². The molecule has 1 aromatic rings. The van der Waals surface area contributed by atoms with Gasteiger partial charge < -0.3 is 10.6 Å². The molecule has 3 rings (SSSR count). The van der Waals surface area contributed by atoms with Crippen molar-refractivity contribution in [3.8, 4) is 0 Å². The minimum Gasteiger partial charge on any atom is -0.342 e.